The van der Waals surface area contributed by atoms with Crippen LogP contribution in [0.3, 0.4) is 0 Å². The molecule has 0 spiro atoms. The number of carbonyl (C=O) groups excluding carboxylic acids is 1. The molecular weight excluding hydrogens is 248 g/mol. The van der Waals surface area contributed by atoms with Crippen LogP contribution in [0, 0.1) is 28.1 Å². The van der Waals surface area contributed by atoms with Crippen molar-refractivity contribution in [1.29, 1.82) is 0 Å². The van der Waals surface area contributed by atoms with Gasteiger partial charge < -0.3 is 11.1 Å². The molecule has 3 N–H and O–H groups in total. The van der Waals surface area contributed by atoms with Crippen LogP contribution in [0.15, 0.2) is 0 Å². The summed E-state index contributed by atoms with van der Waals surface area (Å²) in [7, 11) is 0. The first-order chi connectivity index (χ1) is 9.47. The van der Waals surface area contributed by atoms with Crippen LogP contribution >= 0.6 is 0 Å². The minimum Gasteiger partial charge on any atom is -0.355 e. The second kappa shape index (κ2) is 4.00. The lowest BCUT2D eigenvalue weighted by atomic mass is 9.44. The Morgan fingerprint density at radius 3 is 2.35 bits per heavy atom. The van der Waals surface area contributed by atoms with Crippen LogP contribution in [0.1, 0.15) is 58.3 Å². The number of nitrogens with two attached hydrogens (primary N) is 1. The third-order valence-electron chi connectivity index (χ3n) is 6.85. The summed E-state index contributed by atoms with van der Waals surface area (Å²) >= 11 is 0. The molecule has 3 nitrogen and oxygen atoms in total. The van der Waals surface area contributed by atoms with E-state index in [9.17, 15) is 4.79 Å². The maximum atomic E-state index is 12.9. The van der Waals surface area contributed by atoms with Crippen molar-refractivity contribution in [2.75, 3.05) is 13.1 Å². The number of hydrogen-bond acceptors (Lipinski definition) is 2. The Balaban J connectivity index is 1.48. The molecule has 20 heavy (non-hydrogen) atoms. The molecule has 3 heteroatoms. The van der Waals surface area contributed by atoms with E-state index in [-0.39, 0.29) is 10.8 Å². The number of nitrogens with one attached hydrogen (secondary N) is 1. The first-order valence-corrected chi connectivity index (χ1v) is 8.45. The van der Waals surface area contributed by atoms with Gasteiger partial charge in [0, 0.05) is 6.54 Å². The van der Waals surface area contributed by atoms with Crippen molar-refractivity contribution in [2.24, 2.45) is 33.8 Å². The molecule has 0 radical (unpaired) electrons. The summed E-state index contributed by atoms with van der Waals surface area (Å²) in [5.74, 6) is 1.99. The number of rotatable bonds is 4. The second-order valence-corrected chi connectivity index (χ2v) is 8.94. The zero-order valence-electron chi connectivity index (χ0n) is 12.7. The first kappa shape index (κ1) is 13.1. The van der Waals surface area contributed by atoms with E-state index in [1.54, 1.807) is 0 Å². The van der Waals surface area contributed by atoms with Crippen LogP contribution < -0.4 is 11.1 Å². The SMILES string of the molecule is CC12CC3CC(C1)CC(C(=O)NCC1(CN)CC1)(C3)C2. The molecule has 0 heterocycles. The Kier molecular flexibility index (Phi) is 2.62. The van der Waals surface area contributed by atoms with E-state index in [1.807, 2.05) is 0 Å². The van der Waals surface area contributed by atoms with Crippen molar-refractivity contribution in [3.8, 4) is 0 Å². The zero-order valence-corrected chi connectivity index (χ0v) is 12.7. The van der Waals surface area contributed by atoms with Crippen LogP contribution in [0.5, 0.6) is 0 Å². The lowest BCUT2D eigenvalue weighted by molar-refractivity contribution is -0.155. The monoisotopic (exact) mass is 276 g/mol. The van der Waals surface area contributed by atoms with Gasteiger partial charge in [0.2, 0.25) is 5.91 Å². The fraction of sp³-hybridized carbons (Fsp3) is 0.941. The molecule has 2 atom stereocenters. The molecule has 4 bridgehead atoms. The zero-order chi connectivity index (χ0) is 14.0. The van der Waals surface area contributed by atoms with Crippen molar-refractivity contribution >= 4 is 5.91 Å². The third-order valence-corrected chi connectivity index (χ3v) is 6.85. The lowest BCUT2D eigenvalue weighted by Crippen LogP contribution is -2.57. The Morgan fingerprint density at radius 1 is 1.20 bits per heavy atom. The molecule has 0 aliphatic heterocycles. The van der Waals surface area contributed by atoms with Gasteiger partial charge in [-0.1, -0.05) is 6.92 Å². The molecule has 5 aliphatic rings. The van der Waals surface area contributed by atoms with E-state index in [4.69, 9.17) is 5.73 Å². The topological polar surface area (TPSA) is 55.1 Å². The quantitative estimate of drug-likeness (QED) is 0.828. The maximum Gasteiger partial charge on any atom is 0.226 e. The molecule has 2 unspecified atom stereocenters. The first-order valence-electron chi connectivity index (χ1n) is 8.45. The largest absolute Gasteiger partial charge is 0.355 e. The standard InChI is InChI=1S/C17H28N2O/c1-15-5-12-4-13(6-15)8-17(7-12,9-15)14(20)19-11-16(10-18)2-3-16/h12-13H,2-11,18H2,1H3,(H,19,20). The number of hydrogen-bond donors (Lipinski definition) is 2. The van der Waals surface area contributed by atoms with Gasteiger partial charge in [-0.25, -0.2) is 0 Å². The van der Waals surface area contributed by atoms with Crippen LogP contribution in [0.25, 0.3) is 0 Å². The maximum absolute atomic E-state index is 12.9. The molecule has 5 aliphatic carbocycles. The molecule has 112 valence electrons. The lowest BCUT2D eigenvalue weighted by Gasteiger charge is -2.60. The van der Waals surface area contributed by atoms with E-state index >= 15 is 0 Å². The Hall–Kier alpha value is -0.570. The minimum atomic E-state index is -0.0243. The van der Waals surface area contributed by atoms with E-state index in [1.165, 1.54) is 32.1 Å². The van der Waals surface area contributed by atoms with E-state index in [0.717, 1.165) is 44.2 Å². The van der Waals surface area contributed by atoms with Gasteiger partial charge in [0.25, 0.3) is 0 Å². The highest BCUT2D eigenvalue weighted by Gasteiger charge is 2.59. The smallest absolute Gasteiger partial charge is 0.226 e. The van der Waals surface area contributed by atoms with Gasteiger partial charge in [0.1, 0.15) is 0 Å². The molecule has 1 amide bonds. The highest BCUT2D eigenvalue weighted by atomic mass is 16.2. The number of carbonyl (C=O) groups is 1. The molecule has 0 aromatic carbocycles. The van der Waals surface area contributed by atoms with Crippen molar-refractivity contribution in [1.82, 2.24) is 5.32 Å². The minimum absolute atomic E-state index is 0.0243. The molecule has 0 aromatic heterocycles. The summed E-state index contributed by atoms with van der Waals surface area (Å²) in [5.41, 5.74) is 6.51. The molecule has 5 rings (SSSR count). The fourth-order valence-corrected chi connectivity index (χ4v) is 6.07. The van der Waals surface area contributed by atoms with Gasteiger partial charge in [-0.15, -0.1) is 0 Å². The van der Waals surface area contributed by atoms with Crippen molar-refractivity contribution in [2.45, 2.75) is 58.3 Å². The predicted molar refractivity (Wildman–Crippen MR) is 79.0 cm³/mol. The molecular formula is C17H28N2O. The van der Waals surface area contributed by atoms with Crippen molar-refractivity contribution < 1.29 is 4.79 Å². The molecule has 5 saturated carbocycles. The average molecular weight is 276 g/mol. The van der Waals surface area contributed by atoms with E-state index in [2.05, 4.69) is 12.2 Å². The van der Waals surface area contributed by atoms with Gasteiger partial charge in [0.15, 0.2) is 0 Å². The van der Waals surface area contributed by atoms with Crippen LogP contribution in [0.2, 0.25) is 0 Å². The van der Waals surface area contributed by atoms with E-state index < -0.39 is 0 Å². The highest BCUT2D eigenvalue weighted by molar-refractivity contribution is 5.83. The summed E-state index contributed by atoms with van der Waals surface area (Å²) in [4.78, 5) is 12.9. The summed E-state index contributed by atoms with van der Waals surface area (Å²) in [6.45, 7) is 3.97. The van der Waals surface area contributed by atoms with Gasteiger partial charge in [-0.05, 0) is 80.6 Å². The van der Waals surface area contributed by atoms with Crippen LogP contribution in [-0.4, -0.2) is 19.0 Å². The van der Waals surface area contributed by atoms with Crippen LogP contribution in [-0.2, 0) is 4.79 Å². The van der Waals surface area contributed by atoms with E-state index in [0.29, 0.717) is 11.3 Å². The number of amides is 1. The van der Waals surface area contributed by atoms with Gasteiger partial charge in [-0.3, -0.25) is 4.79 Å². The summed E-state index contributed by atoms with van der Waals surface area (Å²) < 4.78 is 0. The van der Waals surface area contributed by atoms with Crippen molar-refractivity contribution in [3.63, 3.8) is 0 Å². The Morgan fingerprint density at radius 2 is 1.85 bits per heavy atom. The van der Waals surface area contributed by atoms with Gasteiger partial charge in [0.05, 0.1) is 5.41 Å². The predicted octanol–water partition coefficient (Wildman–Crippen LogP) is 2.45. The summed E-state index contributed by atoms with van der Waals surface area (Å²) in [6.07, 6.45) is 9.95. The molecule has 0 saturated heterocycles. The fourth-order valence-electron chi connectivity index (χ4n) is 6.07. The Bertz CT molecular complexity index is 426. The highest BCUT2D eigenvalue weighted by Crippen LogP contribution is 2.65. The molecule has 5 fully saturated rings. The van der Waals surface area contributed by atoms with Crippen molar-refractivity contribution in [3.05, 3.63) is 0 Å². The average Bonchev–Trinajstić information content (AvgIpc) is 3.13. The van der Waals surface area contributed by atoms with Crippen LogP contribution in [0.4, 0.5) is 0 Å². The Labute approximate surface area is 122 Å². The normalized spacial score (nSPS) is 47.3. The van der Waals surface area contributed by atoms with Gasteiger partial charge in [-0.2, -0.15) is 0 Å². The summed E-state index contributed by atoms with van der Waals surface area (Å²) in [6, 6.07) is 0. The van der Waals surface area contributed by atoms with Gasteiger partial charge >= 0.3 is 0 Å². The summed E-state index contributed by atoms with van der Waals surface area (Å²) in [5, 5.41) is 3.29. The third kappa shape index (κ3) is 1.93. The molecule has 0 aromatic rings. The second-order valence-electron chi connectivity index (χ2n) is 8.94.